The fourth-order valence-electron chi connectivity index (χ4n) is 2.18. The van der Waals surface area contributed by atoms with Crippen molar-refractivity contribution >= 4 is 0 Å². The van der Waals surface area contributed by atoms with Crippen LogP contribution >= 0.6 is 0 Å². The summed E-state index contributed by atoms with van der Waals surface area (Å²) in [6.07, 6.45) is -2.89. The number of piperidine rings is 1. The van der Waals surface area contributed by atoms with Gasteiger partial charge in [-0.25, -0.2) is 0 Å². The van der Waals surface area contributed by atoms with Gasteiger partial charge in [-0.3, -0.25) is 0 Å². The van der Waals surface area contributed by atoms with Crippen LogP contribution in [0.1, 0.15) is 30.0 Å². The summed E-state index contributed by atoms with van der Waals surface area (Å²) < 4.78 is 37.8. The highest BCUT2D eigenvalue weighted by Gasteiger charge is 2.31. The maximum Gasteiger partial charge on any atom is 0.416 e. The molecule has 1 N–H and O–H groups in total. The van der Waals surface area contributed by atoms with E-state index in [1.165, 1.54) is 12.1 Å². The van der Waals surface area contributed by atoms with Crippen molar-refractivity contribution in [3.8, 4) is 6.07 Å². The molecule has 96 valence electrons. The van der Waals surface area contributed by atoms with Crippen molar-refractivity contribution < 1.29 is 13.2 Å². The molecule has 1 aromatic carbocycles. The summed E-state index contributed by atoms with van der Waals surface area (Å²) in [5, 5.41) is 11.9. The van der Waals surface area contributed by atoms with Crippen LogP contribution in [0.4, 0.5) is 13.2 Å². The lowest BCUT2D eigenvalue weighted by Crippen LogP contribution is -2.32. The van der Waals surface area contributed by atoms with Crippen molar-refractivity contribution in [3.63, 3.8) is 0 Å². The number of hydrogen-bond donors (Lipinski definition) is 1. The van der Waals surface area contributed by atoms with Crippen molar-refractivity contribution in [2.24, 2.45) is 5.92 Å². The maximum absolute atomic E-state index is 12.6. The summed E-state index contributed by atoms with van der Waals surface area (Å²) in [6.45, 7) is 0.539. The van der Waals surface area contributed by atoms with E-state index in [9.17, 15) is 13.2 Å². The van der Waals surface area contributed by atoms with E-state index in [0.717, 1.165) is 12.5 Å². The van der Waals surface area contributed by atoms with Gasteiger partial charge in [0.25, 0.3) is 0 Å². The fourth-order valence-corrected chi connectivity index (χ4v) is 2.18. The maximum atomic E-state index is 12.6. The smallest absolute Gasteiger partial charge is 0.309 e. The SMILES string of the molecule is N#CC1CCC(c2cccc(C(F)(F)F)c2)NC1. The first-order valence-electron chi connectivity index (χ1n) is 5.81. The Labute approximate surface area is 103 Å². The molecule has 18 heavy (non-hydrogen) atoms. The van der Waals surface area contributed by atoms with Gasteiger partial charge < -0.3 is 5.32 Å². The van der Waals surface area contributed by atoms with E-state index in [1.54, 1.807) is 6.07 Å². The molecular weight excluding hydrogens is 241 g/mol. The Morgan fingerprint density at radius 3 is 2.61 bits per heavy atom. The molecule has 0 radical (unpaired) electrons. The van der Waals surface area contributed by atoms with Crippen LogP contribution in [0.25, 0.3) is 0 Å². The van der Waals surface area contributed by atoms with Crippen LogP contribution in [0.2, 0.25) is 0 Å². The van der Waals surface area contributed by atoms with Crippen molar-refractivity contribution in [1.29, 1.82) is 5.26 Å². The Morgan fingerprint density at radius 2 is 2.06 bits per heavy atom. The molecule has 1 aliphatic rings. The summed E-state index contributed by atoms with van der Waals surface area (Å²) in [5.41, 5.74) is 0.0189. The molecule has 0 aromatic heterocycles. The third-order valence-corrected chi connectivity index (χ3v) is 3.21. The molecule has 0 spiro atoms. The van der Waals surface area contributed by atoms with Gasteiger partial charge in [0, 0.05) is 12.6 Å². The predicted molar refractivity (Wildman–Crippen MR) is 60.5 cm³/mol. The monoisotopic (exact) mass is 254 g/mol. The topological polar surface area (TPSA) is 35.8 Å². The minimum atomic E-state index is -4.31. The molecule has 2 nitrogen and oxygen atoms in total. The highest BCUT2D eigenvalue weighted by atomic mass is 19.4. The third-order valence-electron chi connectivity index (χ3n) is 3.21. The fraction of sp³-hybridized carbons (Fsp3) is 0.462. The van der Waals surface area contributed by atoms with E-state index in [4.69, 9.17) is 5.26 Å². The Morgan fingerprint density at radius 1 is 1.28 bits per heavy atom. The third kappa shape index (κ3) is 2.82. The molecule has 0 aliphatic carbocycles. The lowest BCUT2D eigenvalue weighted by atomic mass is 9.91. The van der Waals surface area contributed by atoms with Crippen LogP contribution in [0.5, 0.6) is 0 Å². The zero-order valence-corrected chi connectivity index (χ0v) is 9.67. The number of halogens is 3. The minimum Gasteiger partial charge on any atom is -0.309 e. The molecule has 1 aliphatic heterocycles. The first-order valence-corrected chi connectivity index (χ1v) is 5.81. The van der Waals surface area contributed by atoms with Gasteiger partial charge in [-0.2, -0.15) is 18.4 Å². The van der Waals surface area contributed by atoms with E-state index < -0.39 is 11.7 Å². The van der Waals surface area contributed by atoms with E-state index in [2.05, 4.69) is 11.4 Å². The number of rotatable bonds is 1. The van der Waals surface area contributed by atoms with Gasteiger partial charge in [0.1, 0.15) is 0 Å². The average Bonchev–Trinajstić information content (AvgIpc) is 2.38. The van der Waals surface area contributed by atoms with Gasteiger partial charge in [-0.15, -0.1) is 0 Å². The highest BCUT2D eigenvalue weighted by Crippen LogP contribution is 2.32. The summed E-state index contributed by atoms with van der Waals surface area (Å²) >= 11 is 0. The van der Waals surface area contributed by atoms with Gasteiger partial charge in [-0.05, 0) is 30.5 Å². The van der Waals surface area contributed by atoms with E-state index in [0.29, 0.717) is 18.5 Å². The lowest BCUT2D eigenvalue weighted by molar-refractivity contribution is -0.137. The first-order chi connectivity index (χ1) is 8.50. The normalized spacial score (nSPS) is 24.6. The molecule has 1 saturated heterocycles. The number of hydrogen-bond acceptors (Lipinski definition) is 2. The van der Waals surface area contributed by atoms with Gasteiger partial charge in [0.05, 0.1) is 17.6 Å². The van der Waals surface area contributed by atoms with Crippen LogP contribution in [-0.4, -0.2) is 6.54 Å². The van der Waals surface area contributed by atoms with Crippen molar-refractivity contribution in [3.05, 3.63) is 35.4 Å². The molecule has 0 bridgehead atoms. The zero-order chi connectivity index (χ0) is 13.2. The van der Waals surface area contributed by atoms with Gasteiger partial charge in [0.2, 0.25) is 0 Å². The molecule has 1 heterocycles. The molecule has 0 saturated carbocycles. The lowest BCUT2D eigenvalue weighted by Gasteiger charge is -2.27. The Bertz CT molecular complexity index is 454. The number of nitrogens with one attached hydrogen (secondary N) is 1. The van der Waals surface area contributed by atoms with Gasteiger partial charge in [-0.1, -0.05) is 12.1 Å². The Kier molecular flexibility index (Phi) is 3.58. The first kappa shape index (κ1) is 12.9. The molecule has 2 unspecified atom stereocenters. The van der Waals surface area contributed by atoms with Crippen molar-refractivity contribution in [2.45, 2.75) is 25.1 Å². The molecule has 5 heteroatoms. The van der Waals surface area contributed by atoms with Crippen LogP contribution in [0.3, 0.4) is 0 Å². The van der Waals surface area contributed by atoms with Gasteiger partial charge >= 0.3 is 6.18 Å². The van der Waals surface area contributed by atoms with Crippen molar-refractivity contribution in [2.75, 3.05) is 6.54 Å². The summed E-state index contributed by atoms with van der Waals surface area (Å²) in [5.74, 6) is -0.0351. The predicted octanol–water partition coefficient (Wildman–Crippen LogP) is 3.27. The quantitative estimate of drug-likeness (QED) is 0.834. The molecule has 1 fully saturated rings. The second kappa shape index (κ2) is 4.99. The van der Waals surface area contributed by atoms with Gasteiger partial charge in [0.15, 0.2) is 0 Å². The summed E-state index contributed by atoms with van der Waals surface area (Å²) in [6, 6.07) is 7.46. The zero-order valence-electron chi connectivity index (χ0n) is 9.67. The van der Waals surface area contributed by atoms with Crippen LogP contribution < -0.4 is 5.32 Å². The van der Waals surface area contributed by atoms with Crippen LogP contribution in [-0.2, 0) is 6.18 Å². The number of nitrogens with zero attached hydrogens (tertiary/aromatic N) is 1. The second-order valence-corrected chi connectivity index (χ2v) is 4.49. The number of nitriles is 1. The standard InChI is InChI=1S/C13H13F3N2/c14-13(15,16)11-3-1-2-10(6-11)12-5-4-9(7-17)8-18-12/h1-3,6,9,12,18H,4-5,8H2. The van der Waals surface area contributed by atoms with Crippen LogP contribution in [0, 0.1) is 17.2 Å². The largest absolute Gasteiger partial charge is 0.416 e. The molecule has 1 aromatic rings. The number of alkyl halides is 3. The molecule has 2 rings (SSSR count). The molecule has 2 atom stereocenters. The summed E-state index contributed by atoms with van der Waals surface area (Å²) in [7, 11) is 0. The van der Waals surface area contributed by atoms with Crippen LogP contribution in [0.15, 0.2) is 24.3 Å². The van der Waals surface area contributed by atoms with Crippen molar-refractivity contribution in [1.82, 2.24) is 5.32 Å². The summed E-state index contributed by atoms with van der Waals surface area (Å²) in [4.78, 5) is 0. The molecular formula is C13H13F3N2. The Hall–Kier alpha value is -1.54. The highest BCUT2D eigenvalue weighted by molar-refractivity contribution is 5.28. The molecule has 0 amide bonds. The second-order valence-electron chi connectivity index (χ2n) is 4.49. The van der Waals surface area contributed by atoms with E-state index in [1.807, 2.05) is 0 Å². The number of benzene rings is 1. The van der Waals surface area contributed by atoms with E-state index >= 15 is 0 Å². The average molecular weight is 254 g/mol. The Balaban J connectivity index is 2.13. The minimum absolute atomic E-state index is 0.0351. The van der Waals surface area contributed by atoms with E-state index in [-0.39, 0.29) is 12.0 Å².